The SMILES string of the molecule is [2H]c1c(C(C)O)c2cc3nc(cc4ccc(cc5nc(cc1n2C(C)OC)C=C5)[nH]4)C=C3. The Hall–Kier alpha value is -3.48. The number of fused-ring (bicyclic) bond motifs is 8. The second-order valence-corrected chi connectivity index (χ2v) is 7.73. The molecule has 0 amide bonds. The largest absolute Gasteiger partial charge is 0.389 e. The van der Waals surface area contributed by atoms with E-state index in [1.54, 1.807) is 14.0 Å². The van der Waals surface area contributed by atoms with Crippen LogP contribution < -0.4 is 0 Å². The number of aliphatic hydroxyl groups excluding tert-OH is 1. The summed E-state index contributed by atoms with van der Waals surface area (Å²) in [7, 11) is 1.63. The molecule has 6 heteroatoms. The Morgan fingerprint density at radius 2 is 1.48 bits per heavy atom. The van der Waals surface area contributed by atoms with Crippen molar-refractivity contribution in [3.05, 3.63) is 70.8 Å². The second kappa shape index (κ2) is 7.65. The first-order valence-corrected chi connectivity index (χ1v) is 10.2. The number of H-pyrrole nitrogens is 1. The molecule has 3 aromatic heterocycles. The first-order chi connectivity index (χ1) is 15.4. The molecule has 0 saturated heterocycles. The quantitative estimate of drug-likeness (QED) is 0.418. The van der Waals surface area contributed by atoms with Gasteiger partial charge in [0, 0.05) is 29.2 Å². The number of methoxy groups -OCH3 is 1. The highest BCUT2D eigenvalue weighted by atomic mass is 16.5. The Bertz CT molecular complexity index is 1430. The van der Waals surface area contributed by atoms with Gasteiger partial charge in [-0.1, -0.05) is 0 Å². The number of hydrogen-bond donors (Lipinski definition) is 2. The Kier molecular flexibility index (Phi) is 4.52. The van der Waals surface area contributed by atoms with Crippen LogP contribution in [-0.2, 0) is 4.74 Å². The molecule has 2 N–H and O–H groups in total. The van der Waals surface area contributed by atoms with Crippen molar-refractivity contribution in [2.75, 3.05) is 7.11 Å². The van der Waals surface area contributed by atoms with Crippen LogP contribution in [0.1, 0.15) is 55.9 Å². The maximum Gasteiger partial charge on any atom is 0.131 e. The van der Waals surface area contributed by atoms with Crippen molar-refractivity contribution < 1.29 is 11.2 Å². The number of rotatable bonds is 3. The van der Waals surface area contributed by atoms with Gasteiger partial charge < -0.3 is 19.4 Å². The van der Waals surface area contributed by atoms with Crippen molar-refractivity contribution in [2.24, 2.45) is 0 Å². The van der Waals surface area contributed by atoms with Gasteiger partial charge in [-0.05, 0) is 80.6 Å². The van der Waals surface area contributed by atoms with E-state index in [0.29, 0.717) is 16.6 Å². The van der Waals surface area contributed by atoms with Gasteiger partial charge in [0.2, 0.25) is 0 Å². The summed E-state index contributed by atoms with van der Waals surface area (Å²) in [6.07, 6.45) is 6.55. The van der Waals surface area contributed by atoms with Crippen molar-refractivity contribution in [3.63, 3.8) is 0 Å². The van der Waals surface area contributed by atoms with Gasteiger partial charge in [-0.3, -0.25) is 0 Å². The summed E-state index contributed by atoms with van der Waals surface area (Å²) < 4.78 is 16.4. The minimum atomic E-state index is -0.831. The lowest BCUT2D eigenvalue weighted by atomic mass is 10.1. The third-order valence-corrected chi connectivity index (χ3v) is 5.45. The second-order valence-electron chi connectivity index (χ2n) is 7.73. The fourth-order valence-electron chi connectivity index (χ4n) is 3.90. The van der Waals surface area contributed by atoms with E-state index in [2.05, 4.69) is 4.98 Å². The number of aromatic nitrogens is 4. The lowest BCUT2D eigenvalue weighted by Gasteiger charge is -2.15. The molecule has 156 valence electrons. The van der Waals surface area contributed by atoms with Crippen LogP contribution in [0.3, 0.4) is 0 Å². The van der Waals surface area contributed by atoms with E-state index in [9.17, 15) is 5.11 Å². The van der Waals surface area contributed by atoms with Crippen molar-refractivity contribution >= 4 is 46.4 Å². The molecule has 5 heterocycles. The molecule has 2 atom stereocenters. The fraction of sp³-hybridized carbons (Fsp3) is 0.200. The first kappa shape index (κ1) is 18.3. The van der Waals surface area contributed by atoms with Gasteiger partial charge in [0.25, 0.3) is 0 Å². The predicted octanol–water partition coefficient (Wildman–Crippen LogP) is 5.35. The Morgan fingerprint density at radius 3 is 2.03 bits per heavy atom. The van der Waals surface area contributed by atoms with E-state index in [0.717, 1.165) is 33.8 Å². The van der Waals surface area contributed by atoms with Gasteiger partial charge in [-0.15, -0.1) is 0 Å². The van der Waals surface area contributed by atoms with Crippen molar-refractivity contribution in [1.82, 2.24) is 19.5 Å². The average molecular weight is 413 g/mol. The first-order valence-electron chi connectivity index (χ1n) is 10.7. The number of nitrogens with one attached hydrogen (secondary N) is 1. The summed E-state index contributed by atoms with van der Waals surface area (Å²) in [6.45, 7) is 3.59. The third kappa shape index (κ3) is 3.71. The molecule has 8 bridgehead atoms. The highest BCUT2D eigenvalue weighted by Gasteiger charge is 2.16. The van der Waals surface area contributed by atoms with Crippen LogP contribution in [0.4, 0.5) is 0 Å². The van der Waals surface area contributed by atoms with Gasteiger partial charge in [-0.25, -0.2) is 9.97 Å². The molecule has 0 saturated carbocycles. The molecule has 2 aliphatic rings. The highest BCUT2D eigenvalue weighted by Crippen LogP contribution is 2.29. The molecule has 6 nitrogen and oxygen atoms in total. The molecule has 0 fully saturated rings. The number of hydrogen-bond acceptors (Lipinski definition) is 4. The molecular formula is C25H24N4O2. The van der Waals surface area contributed by atoms with Crippen molar-refractivity contribution in [1.29, 1.82) is 0 Å². The molecule has 0 radical (unpaired) electrons. The number of nitrogens with zero attached hydrogens (tertiary/aromatic N) is 3. The molecule has 0 spiro atoms. The summed E-state index contributed by atoms with van der Waals surface area (Å²) in [5.74, 6) is 0. The van der Waals surface area contributed by atoms with Gasteiger partial charge in [0.15, 0.2) is 0 Å². The summed E-state index contributed by atoms with van der Waals surface area (Å²) in [6, 6.07) is 12.0. The van der Waals surface area contributed by atoms with E-state index < -0.39 is 6.10 Å². The van der Waals surface area contributed by atoms with Crippen LogP contribution in [0, 0.1) is 0 Å². The molecule has 0 aromatic carbocycles. The van der Waals surface area contributed by atoms with Crippen LogP contribution in [0.5, 0.6) is 0 Å². The average Bonchev–Trinajstić information content (AvgIpc) is 3.52. The van der Waals surface area contributed by atoms with Crippen LogP contribution in [0.2, 0.25) is 0 Å². The van der Waals surface area contributed by atoms with Gasteiger partial charge in [0.1, 0.15) is 6.23 Å². The Balaban J connectivity index is 1.97. The predicted molar refractivity (Wildman–Crippen MR) is 125 cm³/mol. The molecule has 2 aliphatic heterocycles. The lowest BCUT2D eigenvalue weighted by molar-refractivity contribution is 0.0672. The Morgan fingerprint density at radius 1 is 0.935 bits per heavy atom. The monoisotopic (exact) mass is 413 g/mol. The highest BCUT2D eigenvalue weighted by molar-refractivity contribution is 5.79. The zero-order valence-electron chi connectivity index (χ0n) is 18.6. The molecule has 31 heavy (non-hydrogen) atoms. The standard InChI is InChI=1S/C25H24N4O2/c1-15(30)24-14-23-12-21-8-6-19(27-21)10-17-4-5-18(26-17)11-20-7-9-22(28-20)13-25(24)29(23)16(2)31-3/h4-16,26,30H,1-3H3/i14D. The van der Waals surface area contributed by atoms with Crippen molar-refractivity contribution in [3.8, 4) is 0 Å². The smallest absolute Gasteiger partial charge is 0.131 e. The third-order valence-electron chi connectivity index (χ3n) is 5.45. The van der Waals surface area contributed by atoms with Crippen molar-refractivity contribution in [2.45, 2.75) is 26.2 Å². The molecular weight excluding hydrogens is 388 g/mol. The lowest BCUT2D eigenvalue weighted by Crippen LogP contribution is -2.07. The number of aromatic amines is 1. The Labute approximate surface area is 181 Å². The van der Waals surface area contributed by atoms with E-state index in [4.69, 9.17) is 16.1 Å². The molecule has 3 aromatic rings. The van der Waals surface area contributed by atoms with Crippen LogP contribution in [0.15, 0.2) is 42.4 Å². The summed E-state index contributed by atoms with van der Waals surface area (Å²) in [4.78, 5) is 12.8. The van der Waals surface area contributed by atoms with Gasteiger partial charge in [0.05, 0.1) is 35.8 Å². The molecule has 2 unspecified atom stereocenters. The maximum atomic E-state index is 10.6. The molecule has 5 rings (SSSR count). The van der Waals surface area contributed by atoms with E-state index in [-0.39, 0.29) is 12.3 Å². The van der Waals surface area contributed by atoms with E-state index in [1.165, 1.54) is 0 Å². The van der Waals surface area contributed by atoms with E-state index in [1.807, 2.05) is 72.2 Å². The number of ether oxygens (including phenoxy) is 1. The van der Waals surface area contributed by atoms with E-state index >= 15 is 0 Å². The summed E-state index contributed by atoms with van der Waals surface area (Å²) in [5.41, 5.74) is 6.86. The zero-order chi connectivity index (χ0) is 22.4. The van der Waals surface area contributed by atoms with Crippen LogP contribution >= 0.6 is 0 Å². The zero-order valence-corrected chi connectivity index (χ0v) is 17.6. The molecule has 0 aliphatic carbocycles. The minimum absolute atomic E-state index is 0.250. The normalized spacial score (nSPS) is 15.2. The minimum Gasteiger partial charge on any atom is -0.389 e. The van der Waals surface area contributed by atoms with Gasteiger partial charge in [-0.2, -0.15) is 0 Å². The topological polar surface area (TPSA) is 76.0 Å². The number of aliphatic hydroxyl groups is 1. The van der Waals surface area contributed by atoms with Crippen LogP contribution in [-0.4, -0.2) is 31.7 Å². The van der Waals surface area contributed by atoms with Crippen LogP contribution in [0.25, 0.3) is 46.4 Å². The van der Waals surface area contributed by atoms with Gasteiger partial charge >= 0.3 is 0 Å². The maximum absolute atomic E-state index is 10.6. The summed E-state index contributed by atoms with van der Waals surface area (Å²) in [5, 5.41) is 10.6. The summed E-state index contributed by atoms with van der Waals surface area (Å²) >= 11 is 0. The fourth-order valence-corrected chi connectivity index (χ4v) is 3.90.